The van der Waals surface area contributed by atoms with Gasteiger partial charge in [-0.3, -0.25) is 4.68 Å². The van der Waals surface area contributed by atoms with Crippen LogP contribution in [0.3, 0.4) is 0 Å². The maximum absolute atomic E-state index is 4.17. The number of aryl methyl sites for hydroxylation is 1. The van der Waals surface area contributed by atoms with Gasteiger partial charge in [-0.15, -0.1) is 12.4 Å². The van der Waals surface area contributed by atoms with Crippen molar-refractivity contribution in [2.45, 2.75) is 33.2 Å². The fraction of sp³-hybridized carbons (Fsp3) is 0.667. The molecule has 0 saturated heterocycles. The minimum Gasteiger partial charge on any atom is -0.383 e. The highest BCUT2D eigenvalue weighted by molar-refractivity contribution is 5.85. The monoisotopic (exact) mass is 203 g/mol. The molecule has 1 heterocycles. The van der Waals surface area contributed by atoms with Crippen molar-refractivity contribution in [2.24, 2.45) is 0 Å². The van der Waals surface area contributed by atoms with Crippen LogP contribution in [-0.4, -0.2) is 16.3 Å². The lowest BCUT2D eigenvalue weighted by Crippen LogP contribution is -1.99. The Morgan fingerprint density at radius 1 is 1.46 bits per heavy atom. The average molecular weight is 204 g/mol. The topological polar surface area (TPSA) is 29.9 Å². The lowest BCUT2D eigenvalue weighted by Gasteiger charge is -1.99. The molecule has 1 N–H and O–H groups in total. The second-order valence-corrected chi connectivity index (χ2v) is 2.87. The predicted molar refractivity (Wildman–Crippen MR) is 58.5 cm³/mol. The summed E-state index contributed by atoms with van der Waals surface area (Å²) in [5.74, 6) is 0. The third kappa shape index (κ3) is 4.18. The van der Waals surface area contributed by atoms with Crippen LogP contribution < -0.4 is 5.32 Å². The van der Waals surface area contributed by atoms with E-state index in [1.165, 1.54) is 12.8 Å². The zero-order valence-corrected chi connectivity index (χ0v) is 9.10. The molecular weight excluding hydrogens is 186 g/mol. The summed E-state index contributed by atoms with van der Waals surface area (Å²) in [6.07, 6.45) is 6.36. The van der Waals surface area contributed by atoms with Crippen LogP contribution in [-0.2, 0) is 6.54 Å². The van der Waals surface area contributed by atoms with Crippen LogP contribution in [0.25, 0.3) is 0 Å². The molecule has 0 fully saturated rings. The number of rotatable bonds is 5. The molecule has 4 heteroatoms. The zero-order valence-electron chi connectivity index (χ0n) is 8.29. The van der Waals surface area contributed by atoms with Crippen molar-refractivity contribution >= 4 is 18.1 Å². The van der Waals surface area contributed by atoms with Gasteiger partial charge in [-0.1, -0.05) is 13.3 Å². The Kier molecular flexibility index (Phi) is 6.41. The third-order valence-electron chi connectivity index (χ3n) is 1.82. The minimum absolute atomic E-state index is 0. The van der Waals surface area contributed by atoms with E-state index >= 15 is 0 Å². The molecule has 0 spiro atoms. The van der Waals surface area contributed by atoms with Gasteiger partial charge in [0, 0.05) is 19.3 Å². The Hall–Kier alpha value is -0.700. The Morgan fingerprint density at radius 3 is 2.77 bits per heavy atom. The van der Waals surface area contributed by atoms with Crippen LogP contribution >= 0.6 is 12.4 Å². The first kappa shape index (κ1) is 12.3. The van der Waals surface area contributed by atoms with Gasteiger partial charge in [0.25, 0.3) is 0 Å². The summed E-state index contributed by atoms with van der Waals surface area (Å²) in [5, 5.41) is 7.48. The SMILES string of the molecule is CCCCNc1cnn(CC)c1.Cl. The molecule has 0 radical (unpaired) electrons. The molecule has 0 aliphatic rings. The molecule has 0 aliphatic heterocycles. The first-order chi connectivity index (χ1) is 5.86. The van der Waals surface area contributed by atoms with Crippen molar-refractivity contribution in [3.8, 4) is 0 Å². The van der Waals surface area contributed by atoms with Crippen LogP contribution in [0.4, 0.5) is 5.69 Å². The smallest absolute Gasteiger partial charge is 0.0726 e. The van der Waals surface area contributed by atoms with Crippen molar-refractivity contribution in [3.05, 3.63) is 12.4 Å². The van der Waals surface area contributed by atoms with E-state index in [1.807, 2.05) is 17.1 Å². The van der Waals surface area contributed by atoms with Crippen LogP contribution in [0.15, 0.2) is 12.4 Å². The Morgan fingerprint density at radius 2 is 2.23 bits per heavy atom. The quantitative estimate of drug-likeness (QED) is 0.746. The van der Waals surface area contributed by atoms with Crippen molar-refractivity contribution in [2.75, 3.05) is 11.9 Å². The normalized spacial score (nSPS) is 9.38. The van der Waals surface area contributed by atoms with Crippen LogP contribution in [0.1, 0.15) is 26.7 Å². The summed E-state index contributed by atoms with van der Waals surface area (Å²) in [4.78, 5) is 0. The van der Waals surface area contributed by atoms with E-state index in [0.29, 0.717) is 0 Å². The number of unbranched alkanes of at least 4 members (excludes halogenated alkanes) is 1. The van der Waals surface area contributed by atoms with Crippen molar-refractivity contribution in [1.82, 2.24) is 9.78 Å². The average Bonchev–Trinajstić information content (AvgIpc) is 2.53. The maximum atomic E-state index is 4.17. The van der Waals surface area contributed by atoms with Gasteiger partial charge in [0.15, 0.2) is 0 Å². The highest BCUT2D eigenvalue weighted by Crippen LogP contribution is 2.04. The van der Waals surface area contributed by atoms with E-state index in [1.54, 1.807) is 0 Å². The molecule has 0 saturated carbocycles. The minimum atomic E-state index is 0. The second kappa shape index (κ2) is 6.78. The lowest BCUT2D eigenvalue weighted by molar-refractivity contribution is 0.660. The molecule has 0 bridgehead atoms. The summed E-state index contributed by atoms with van der Waals surface area (Å²) in [5.41, 5.74) is 1.13. The summed E-state index contributed by atoms with van der Waals surface area (Å²) < 4.78 is 1.92. The van der Waals surface area contributed by atoms with Gasteiger partial charge >= 0.3 is 0 Å². The molecule has 1 aromatic heterocycles. The van der Waals surface area contributed by atoms with Crippen LogP contribution in [0.5, 0.6) is 0 Å². The van der Waals surface area contributed by atoms with E-state index < -0.39 is 0 Å². The number of halogens is 1. The van der Waals surface area contributed by atoms with Gasteiger partial charge < -0.3 is 5.32 Å². The molecule has 3 nitrogen and oxygen atoms in total. The first-order valence-corrected chi connectivity index (χ1v) is 4.63. The summed E-state index contributed by atoms with van der Waals surface area (Å²) in [6.45, 7) is 6.27. The molecule has 0 aromatic carbocycles. The standard InChI is InChI=1S/C9H17N3.ClH/c1-3-5-6-10-9-7-11-12(4-2)8-9;/h7-8,10H,3-6H2,1-2H3;1H. The molecule has 0 atom stereocenters. The van der Waals surface area contributed by atoms with Gasteiger partial charge in [-0.05, 0) is 13.3 Å². The van der Waals surface area contributed by atoms with Crippen LogP contribution in [0, 0.1) is 0 Å². The number of hydrogen-bond donors (Lipinski definition) is 1. The van der Waals surface area contributed by atoms with Gasteiger partial charge in [-0.25, -0.2) is 0 Å². The molecule has 0 amide bonds. The van der Waals surface area contributed by atoms with Crippen molar-refractivity contribution in [1.29, 1.82) is 0 Å². The van der Waals surface area contributed by atoms with E-state index in [0.717, 1.165) is 18.8 Å². The fourth-order valence-corrected chi connectivity index (χ4v) is 1.04. The van der Waals surface area contributed by atoms with Gasteiger partial charge in [0.1, 0.15) is 0 Å². The van der Waals surface area contributed by atoms with Gasteiger partial charge in [-0.2, -0.15) is 5.10 Å². The van der Waals surface area contributed by atoms with Crippen molar-refractivity contribution in [3.63, 3.8) is 0 Å². The number of nitrogens with one attached hydrogen (secondary N) is 1. The predicted octanol–water partition coefficient (Wildman–Crippen LogP) is 2.54. The molecule has 13 heavy (non-hydrogen) atoms. The molecular formula is C9H18ClN3. The van der Waals surface area contributed by atoms with E-state index in [9.17, 15) is 0 Å². The number of aromatic nitrogens is 2. The molecule has 0 aliphatic carbocycles. The number of nitrogens with zero attached hydrogens (tertiary/aromatic N) is 2. The second-order valence-electron chi connectivity index (χ2n) is 2.87. The number of anilines is 1. The van der Waals surface area contributed by atoms with Gasteiger partial charge in [0.05, 0.1) is 11.9 Å². The fourth-order valence-electron chi connectivity index (χ4n) is 1.04. The third-order valence-corrected chi connectivity index (χ3v) is 1.82. The van der Waals surface area contributed by atoms with Crippen LogP contribution in [0.2, 0.25) is 0 Å². The van der Waals surface area contributed by atoms with E-state index in [4.69, 9.17) is 0 Å². The summed E-state index contributed by atoms with van der Waals surface area (Å²) in [7, 11) is 0. The Labute approximate surface area is 85.9 Å². The molecule has 1 aromatic rings. The molecule has 0 unspecified atom stereocenters. The Bertz CT molecular complexity index is 222. The Balaban J connectivity index is 0.00000144. The summed E-state index contributed by atoms with van der Waals surface area (Å²) >= 11 is 0. The van der Waals surface area contributed by atoms with Gasteiger partial charge in [0.2, 0.25) is 0 Å². The highest BCUT2D eigenvalue weighted by Gasteiger charge is 1.94. The zero-order chi connectivity index (χ0) is 8.81. The first-order valence-electron chi connectivity index (χ1n) is 4.63. The van der Waals surface area contributed by atoms with E-state index in [2.05, 4.69) is 24.3 Å². The maximum Gasteiger partial charge on any atom is 0.0726 e. The lowest BCUT2D eigenvalue weighted by atomic mass is 10.3. The summed E-state index contributed by atoms with van der Waals surface area (Å²) in [6, 6.07) is 0. The van der Waals surface area contributed by atoms with E-state index in [-0.39, 0.29) is 12.4 Å². The van der Waals surface area contributed by atoms with Crippen molar-refractivity contribution < 1.29 is 0 Å². The molecule has 1 rings (SSSR count). The number of hydrogen-bond acceptors (Lipinski definition) is 2. The largest absolute Gasteiger partial charge is 0.383 e. The highest BCUT2D eigenvalue weighted by atomic mass is 35.5. The molecule has 76 valence electrons.